The molecule has 288 valence electrons. The van der Waals surface area contributed by atoms with Gasteiger partial charge in [0.2, 0.25) is 5.96 Å². The molecule has 0 saturated carbocycles. The number of esters is 1. The summed E-state index contributed by atoms with van der Waals surface area (Å²) in [5.41, 5.74) is 7.42. The number of aliphatic imine (C=N–C) groups is 1. The van der Waals surface area contributed by atoms with Crippen LogP contribution >= 0.6 is 0 Å². The quantitative estimate of drug-likeness (QED) is 0.0418. The van der Waals surface area contributed by atoms with E-state index in [4.69, 9.17) is 14.2 Å². The summed E-state index contributed by atoms with van der Waals surface area (Å²) in [6.45, 7) is 13.2. The summed E-state index contributed by atoms with van der Waals surface area (Å²) < 4.78 is 48.1. The van der Waals surface area contributed by atoms with Crippen molar-refractivity contribution in [3.63, 3.8) is 0 Å². The fourth-order valence-electron chi connectivity index (χ4n) is 7.34. The van der Waals surface area contributed by atoms with Crippen molar-refractivity contribution >= 4 is 33.7 Å². The molecular weight excluding hydrogens is 717 g/mol. The fraction of sp³-hybridized carbons (Fsp3) is 0.326. The molecule has 3 N–H and O–H groups in total. The average molecular weight is 765 g/mol. The van der Waals surface area contributed by atoms with E-state index in [2.05, 4.69) is 39.1 Å². The van der Waals surface area contributed by atoms with Crippen LogP contribution in [-0.2, 0) is 30.7 Å². The first-order valence-corrected chi connectivity index (χ1v) is 19.9. The molecule has 0 spiro atoms. The molecule has 1 aliphatic carbocycles. The van der Waals surface area contributed by atoms with E-state index in [0.29, 0.717) is 29.7 Å². The van der Waals surface area contributed by atoms with Crippen molar-refractivity contribution in [2.24, 2.45) is 4.99 Å². The lowest BCUT2D eigenvalue weighted by Crippen LogP contribution is -2.42. The Morgan fingerprint density at radius 2 is 1.56 bits per heavy atom. The van der Waals surface area contributed by atoms with E-state index in [0.717, 1.165) is 39.1 Å². The molecule has 0 fully saturated rings. The van der Waals surface area contributed by atoms with Crippen molar-refractivity contribution < 1.29 is 32.2 Å². The molecular formula is C43H48N4O7S. The van der Waals surface area contributed by atoms with Crippen molar-refractivity contribution in [1.29, 1.82) is 0 Å². The second kappa shape index (κ2) is 16.4. The van der Waals surface area contributed by atoms with E-state index in [1.807, 2.05) is 75.4 Å². The monoisotopic (exact) mass is 764 g/mol. The molecule has 4 aromatic carbocycles. The summed E-state index contributed by atoms with van der Waals surface area (Å²) in [7, 11) is -4.12. The molecule has 6 rings (SSSR count). The lowest BCUT2D eigenvalue weighted by molar-refractivity contribution is -0.145. The maximum atomic E-state index is 14.1. The van der Waals surface area contributed by atoms with Gasteiger partial charge < -0.3 is 24.8 Å². The van der Waals surface area contributed by atoms with E-state index in [-0.39, 0.29) is 43.0 Å². The van der Waals surface area contributed by atoms with Gasteiger partial charge in [0.05, 0.1) is 4.90 Å². The highest BCUT2D eigenvalue weighted by Gasteiger charge is 2.37. The van der Waals surface area contributed by atoms with Crippen LogP contribution in [-0.4, -0.2) is 57.8 Å². The first-order valence-electron chi connectivity index (χ1n) is 18.4. The first-order chi connectivity index (χ1) is 26.3. The van der Waals surface area contributed by atoms with Crippen molar-refractivity contribution in [2.75, 3.05) is 25.1 Å². The van der Waals surface area contributed by atoms with Crippen LogP contribution in [0.15, 0.2) is 101 Å². The summed E-state index contributed by atoms with van der Waals surface area (Å²) in [5.74, 6) is -0.0459. The number of nitrogens with one attached hydrogen (secondary N) is 3. The Morgan fingerprint density at radius 1 is 0.927 bits per heavy atom. The maximum absolute atomic E-state index is 14.1. The topological polar surface area (TPSA) is 144 Å². The van der Waals surface area contributed by atoms with E-state index in [1.54, 1.807) is 26.0 Å². The number of alkyl carbamates (subject to hydrolysis) is 1. The lowest BCUT2D eigenvalue weighted by atomic mass is 9.94. The molecule has 1 atom stereocenters. The molecule has 2 aliphatic rings. The molecule has 1 amide bonds. The molecule has 55 heavy (non-hydrogen) atoms. The number of guanidine groups is 1. The molecule has 0 aromatic heterocycles. The number of nitrogens with zero attached hydrogens (tertiary/aromatic N) is 1. The van der Waals surface area contributed by atoms with Crippen molar-refractivity contribution in [1.82, 2.24) is 10.0 Å². The zero-order valence-electron chi connectivity index (χ0n) is 31.9. The number of para-hydroxylation sites is 1. The Hall–Kier alpha value is -5.62. The SMILES string of the molecule is C=CCOC(=O)[C@H](CCCN=C(Nc1ccccc1)NS(=O)(=O)c1c(C)c(C)c2c(c1C)CC(C)(C)O2)NC(=O)OCC1c2ccccc2-c2ccccc21. The minimum atomic E-state index is -4.12. The number of fused-ring (bicyclic) bond motifs is 4. The summed E-state index contributed by atoms with van der Waals surface area (Å²) >= 11 is 0. The maximum Gasteiger partial charge on any atom is 0.407 e. The minimum absolute atomic E-state index is 0.00927. The van der Waals surface area contributed by atoms with Gasteiger partial charge in [0.1, 0.15) is 30.6 Å². The van der Waals surface area contributed by atoms with E-state index in [9.17, 15) is 18.0 Å². The van der Waals surface area contributed by atoms with Crippen molar-refractivity contribution in [3.8, 4) is 16.9 Å². The van der Waals surface area contributed by atoms with Crippen LogP contribution in [0.3, 0.4) is 0 Å². The van der Waals surface area contributed by atoms with E-state index < -0.39 is 33.7 Å². The minimum Gasteiger partial charge on any atom is -0.487 e. The van der Waals surface area contributed by atoms with Gasteiger partial charge in [-0.2, -0.15) is 0 Å². The van der Waals surface area contributed by atoms with Gasteiger partial charge in [-0.3, -0.25) is 4.99 Å². The van der Waals surface area contributed by atoms with Crippen LogP contribution in [0.1, 0.15) is 66.0 Å². The standard InChI is InChI=1S/C43H48N4O7S/c1-7-24-52-40(48)37(46-42(49)53-26-36-33-20-13-11-18-31(33)32-19-12-14-21-34(32)36)22-15-23-44-41(45-30-16-9-8-10-17-30)47-55(50,51)39-28(3)27(2)38-35(29(39)4)25-43(5,6)54-38/h7-14,16-21,36-37H,1,15,22-26H2,2-6H3,(H,46,49)(H2,44,45,47)/t37-/m0/s1. The van der Waals surface area contributed by atoms with Gasteiger partial charge in [-0.05, 0) is 98.5 Å². The normalized spacial score (nSPS) is 14.8. The van der Waals surface area contributed by atoms with Gasteiger partial charge in [0.15, 0.2) is 0 Å². The zero-order chi connectivity index (χ0) is 39.3. The van der Waals surface area contributed by atoms with Crippen molar-refractivity contribution in [2.45, 2.75) is 76.3 Å². The first kappa shape index (κ1) is 39.1. The number of benzene rings is 4. The second-order valence-electron chi connectivity index (χ2n) is 14.5. The van der Waals surface area contributed by atoms with Gasteiger partial charge >= 0.3 is 12.1 Å². The van der Waals surface area contributed by atoms with Crippen LogP contribution in [0, 0.1) is 20.8 Å². The Bertz CT molecular complexity index is 2190. The largest absolute Gasteiger partial charge is 0.487 e. The number of carbonyl (C=O) groups excluding carboxylic acids is 2. The average Bonchev–Trinajstić information content (AvgIpc) is 3.67. The zero-order valence-corrected chi connectivity index (χ0v) is 32.7. The summed E-state index contributed by atoms with van der Waals surface area (Å²) in [5, 5.41) is 5.77. The van der Waals surface area contributed by atoms with Crippen LogP contribution < -0.4 is 20.1 Å². The number of sulfonamides is 1. The highest BCUT2D eigenvalue weighted by Crippen LogP contribution is 2.45. The van der Waals surface area contributed by atoms with Gasteiger partial charge in [0.25, 0.3) is 10.0 Å². The second-order valence-corrected chi connectivity index (χ2v) is 16.1. The van der Waals surface area contributed by atoms with Gasteiger partial charge in [-0.25, -0.2) is 22.7 Å². The van der Waals surface area contributed by atoms with Gasteiger partial charge in [0, 0.05) is 30.1 Å². The predicted octanol–water partition coefficient (Wildman–Crippen LogP) is 7.49. The molecule has 1 aliphatic heterocycles. The molecule has 0 saturated heterocycles. The molecule has 11 nitrogen and oxygen atoms in total. The Kier molecular flexibility index (Phi) is 11.7. The third kappa shape index (κ3) is 8.70. The van der Waals surface area contributed by atoms with Gasteiger partial charge in [-0.15, -0.1) is 0 Å². The van der Waals surface area contributed by atoms with Crippen LogP contribution in [0.25, 0.3) is 11.1 Å². The Morgan fingerprint density at radius 3 is 2.22 bits per heavy atom. The number of hydrogen-bond acceptors (Lipinski definition) is 8. The number of anilines is 1. The van der Waals surface area contributed by atoms with Gasteiger partial charge in [-0.1, -0.05) is 79.4 Å². The smallest absolute Gasteiger partial charge is 0.407 e. The molecule has 1 heterocycles. The molecule has 4 aromatic rings. The summed E-state index contributed by atoms with van der Waals surface area (Å²) in [4.78, 5) is 31.0. The number of hydrogen-bond donors (Lipinski definition) is 3. The van der Waals surface area contributed by atoms with Crippen molar-refractivity contribution in [3.05, 3.63) is 125 Å². The fourth-order valence-corrected chi connectivity index (χ4v) is 8.90. The van der Waals surface area contributed by atoms with Crippen LogP contribution in [0.4, 0.5) is 10.5 Å². The van der Waals surface area contributed by atoms with Crippen LogP contribution in [0.2, 0.25) is 0 Å². The van der Waals surface area contributed by atoms with E-state index >= 15 is 0 Å². The number of rotatable bonds is 13. The molecule has 0 bridgehead atoms. The summed E-state index contributed by atoms with van der Waals surface area (Å²) in [6.07, 6.45) is 1.71. The number of carbonyl (C=O) groups is 2. The highest BCUT2D eigenvalue weighted by molar-refractivity contribution is 7.90. The third-order valence-electron chi connectivity index (χ3n) is 10.0. The third-order valence-corrected chi connectivity index (χ3v) is 11.6. The number of ether oxygens (including phenoxy) is 3. The number of amides is 1. The Balaban J connectivity index is 1.16. The lowest BCUT2D eigenvalue weighted by Gasteiger charge is -2.20. The molecule has 0 radical (unpaired) electrons. The molecule has 12 heteroatoms. The van der Waals surface area contributed by atoms with Crippen LogP contribution in [0.5, 0.6) is 5.75 Å². The Labute approximate surface area is 323 Å². The summed E-state index contributed by atoms with van der Waals surface area (Å²) in [6, 6.07) is 24.1. The predicted molar refractivity (Wildman–Crippen MR) is 214 cm³/mol. The van der Waals surface area contributed by atoms with E-state index in [1.165, 1.54) is 6.08 Å². The molecule has 0 unspecified atom stereocenters. The highest BCUT2D eigenvalue weighted by atomic mass is 32.2.